The molecule has 4 rings (SSSR count). The van der Waals surface area contributed by atoms with E-state index in [1.165, 1.54) is 14.2 Å². The summed E-state index contributed by atoms with van der Waals surface area (Å²) in [5.74, 6) is 0.334. The van der Waals surface area contributed by atoms with Gasteiger partial charge < -0.3 is 23.4 Å². The Morgan fingerprint density at radius 2 is 1.69 bits per heavy atom. The van der Waals surface area contributed by atoms with Crippen molar-refractivity contribution in [2.75, 3.05) is 20.8 Å². The first kappa shape index (κ1) is 25.4. The van der Waals surface area contributed by atoms with Crippen LogP contribution in [0.2, 0.25) is 10.0 Å². The number of esters is 1. The van der Waals surface area contributed by atoms with E-state index in [0.29, 0.717) is 32.9 Å². The third kappa shape index (κ3) is 5.12. The topological polar surface area (TPSA) is 84.2 Å². The number of fused-ring (bicyclic) bond motifs is 1. The minimum atomic E-state index is -0.761. The summed E-state index contributed by atoms with van der Waals surface area (Å²) in [6, 6.07) is 14.9. The second-order valence-electron chi connectivity index (χ2n) is 7.62. The summed E-state index contributed by atoms with van der Waals surface area (Å²) >= 11 is 12.0. The van der Waals surface area contributed by atoms with Crippen LogP contribution in [0.3, 0.4) is 0 Å². The van der Waals surface area contributed by atoms with E-state index in [2.05, 4.69) is 0 Å². The lowest BCUT2D eigenvalue weighted by Gasteiger charge is -2.13. The van der Waals surface area contributed by atoms with Gasteiger partial charge in [-0.05, 0) is 54.4 Å². The Balaban J connectivity index is 1.78. The maximum Gasteiger partial charge on any atom is 0.375 e. The van der Waals surface area contributed by atoms with Gasteiger partial charge in [0.25, 0.3) is 0 Å². The number of benzene rings is 3. The van der Waals surface area contributed by atoms with Gasteiger partial charge in [0, 0.05) is 6.07 Å². The summed E-state index contributed by atoms with van der Waals surface area (Å²) in [7, 11) is 2.99. The maximum absolute atomic E-state index is 13.6. The van der Waals surface area contributed by atoms with Gasteiger partial charge in [0.15, 0.2) is 11.5 Å². The first-order valence-corrected chi connectivity index (χ1v) is 11.7. The highest BCUT2D eigenvalue weighted by atomic mass is 35.5. The molecule has 186 valence electrons. The van der Waals surface area contributed by atoms with Crippen molar-refractivity contribution < 1.29 is 28.2 Å². The lowest BCUT2D eigenvalue weighted by molar-refractivity contribution is 0.0492. The van der Waals surface area contributed by atoms with Crippen molar-refractivity contribution in [1.29, 1.82) is 0 Å². The van der Waals surface area contributed by atoms with Crippen molar-refractivity contribution >= 4 is 40.1 Å². The average molecular weight is 529 g/mol. The second kappa shape index (κ2) is 10.9. The van der Waals surface area contributed by atoms with Crippen molar-refractivity contribution in [2.24, 2.45) is 0 Å². The third-order valence-electron chi connectivity index (χ3n) is 5.39. The van der Waals surface area contributed by atoms with E-state index >= 15 is 0 Å². The van der Waals surface area contributed by atoms with Gasteiger partial charge in [0.1, 0.15) is 17.9 Å². The van der Waals surface area contributed by atoms with E-state index in [0.717, 1.165) is 5.56 Å². The first-order valence-electron chi connectivity index (χ1n) is 10.9. The molecule has 0 atom stereocenters. The van der Waals surface area contributed by atoms with E-state index in [1.54, 1.807) is 61.5 Å². The van der Waals surface area contributed by atoms with Crippen LogP contribution in [-0.2, 0) is 11.3 Å². The number of rotatable bonds is 8. The van der Waals surface area contributed by atoms with Crippen LogP contribution in [0, 0.1) is 0 Å². The molecule has 3 aromatic carbocycles. The van der Waals surface area contributed by atoms with Crippen LogP contribution in [0.5, 0.6) is 17.2 Å². The molecule has 36 heavy (non-hydrogen) atoms. The predicted octanol–water partition coefficient (Wildman–Crippen LogP) is 6.54. The van der Waals surface area contributed by atoms with E-state index in [-0.39, 0.29) is 35.5 Å². The lowest BCUT2D eigenvalue weighted by Crippen LogP contribution is -2.15. The largest absolute Gasteiger partial charge is 0.493 e. The zero-order valence-corrected chi connectivity index (χ0v) is 21.2. The van der Waals surface area contributed by atoms with Gasteiger partial charge in [-0.2, -0.15) is 0 Å². The molecule has 9 heteroatoms. The zero-order valence-electron chi connectivity index (χ0n) is 19.7. The van der Waals surface area contributed by atoms with Gasteiger partial charge in [-0.25, -0.2) is 4.79 Å². The molecule has 0 aliphatic carbocycles. The number of halogens is 2. The van der Waals surface area contributed by atoms with Crippen molar-refractivity contribution in [3.05, 3.63) is 86.2 Å². The highest BCUT2D eigenvalue weighted by Crippen LogP contribution is 2.34. The molecule has 1 heterocycles. The molecule has 4 aromatic rings. The normalized spacial score (nSPS) is 10.8. The fraction of sp³-hybridized carbons (Fsp3) is 0.185. The minimum Gasteiger partial charge on any atom is -0.493 e. The van der Waals surface area contributed by atoms with Crippen molar-refractivity contribution in [1.82, 2.24) is 0 Å². The fourth-order valence-electron chi connectivity index (χ4n) is 3.65. The molecule has 0 aliphatic rings. The van der Waals surface area contributed by atoms with Gasteiger partial charge in [-0.3, -0.25) is 4.79 Å². The Bertz CT molecular complexity index is 1490. The smallest absolute Gasteiger partial charge is 0.375 e. The molecule has 1 aromatic heterocycles. The van der Waals surface area contributed by atoms with Crippen LogP contribution < -0.4 is 19.6 Å². The number of carbonyl (C=O) groups excluding carboxylic acids is 1. The molecule has 0 amide bonds. The highest BCUT2D eigenvalue weighted by molar-refractivity contribution is 6.42. The van der Waals surface area contributed by atoms with Gasteiger partial charge >= 0.3 is 5.97 Å². The number of methoxy groups -OCH3 is 2. The Labute approximate surface area is 217 Å². The van der Waals surface area contributed by atoms with Crippen LogP contribution in [0.25, 0.3) is 22.1 Å². The maximum atomic E-state index is 13.6. The van der Waals surface area contributed by atoms with Crippen molar-refractivity contribution in [3.8, 4) is 28.4 Å². The zero-order chi connectivity index (χ0) is 25.8. The number of ether oxygens (including phenoxy) is 4. The van der Waals surface area contributed by atoms with Gasteiger partial charge in [0.05, 0.1) is 41.8 Å². The molecular formula is C27H22Cl2O7. The van der Waals surface area contributed by atoms with Crippen LogP contribution in [0.15, 0.2) is 63.8 Å². The van der Waals surface area contributed by atoms with E-state index in [1.807, 2.05) is 0 Å². The highest BCUT2D eigenvalue weighted by Gasteiger charge is 2.24. The number of hydrogen-bond donors (Lipinski definition) is 0. The quantitative estimate of drug-likeness (QED) is 0.240. The fourth-order valence-corrected chi connectivity index (χ4v) is 3.97. The third-order valence-corrected chi connectivity index (χ3v) is 6.13. The summed E-state index contributed by atoms with van der Waals surface area (Å²) < 4.78 is 27.6. The van der Waals surface area contributed by atoms with Gasteiger partial charge in [-0.1, -0.05) is 35.3 Å². The molecule has 0 bridgehead atoms. The summed E-state index contributed by atoms with van der Waals surface area (Å²) in [6.45, 7) is 1.99. The standard InChI is InChI=1S/C27H22Cl2O7/c1-4-34-27(31)26-24(16-6-10-21(32-2)23(12-16)33-3)25(30)18-8-7-17(13-22(18)36-26)35-14-15-5-9-19(28)20(29)11-15/h5-13H,4,14H2,1-3H3. The number of hydrogen-bond acceptors (Lipinski definition) is 7. The van der Waals surface area contributed by atoms with Crippen LogP contribution >= 0.6 is 23.2 Å². The molecule has 0 spiro atoms. The molecule has 0 radical (unpaired) electrons. The molecule has 0 fully saturated rings. The summed E-state index contributed by atoms with van der Waals surface area (Å²) in [5, 5.41) is 1.14. The predicted molar refractivity (Wildman–Crippen MR) is 138 cm³/mol. The van der Waals surface area contributed by atoms with Crippen LogP contribution in [0.4, 0.5) is 0 Å². The first-order chi connectivity index (χ1) is 17.4. The van der Waals surface area contributed by atoms with E-state index < -0.39 is 11.4 Å². The Morgan fingerprint density at radius 3 is 2.39 bits per heavy atom. The Hall–Kier alpha value is -3.68. The summed E-state index contributed by atoms with van der Waals surface area (Å²) in [6.07, 6.45) is 0. The molecule has 0 unspecified atom stereocenters. The average Bonchev–Trinajstić information content (AvgIpc) is 2.88. The van der Waals surface area contributed by atoms with Crippen molar-refractivity contribution in [2.45, 2.75) is 13.5 Å². The molecule has 0 N–H and O–H groups in total. The minimum absolute atomic E-state index is 0.0615. The van der Waals surface area contributed by atoms with E-state index in [9.17, 15) is 9.59 Å². The second-order valence-corrected chi connectivity index (χ2v) is 8.44. The summed E-state index contributed by atoms with van der Waals surface area (Å²) in [4.78, 5) is 26.4. The Morgan fingerprint density at radius 1 is 0.917 bits per heavy atom. The van der Waals surface area contributed by atoms with Gasteiger partial charge in [-0.15, -0.1) is 0 Å². The van der Waals surface area contributed by atoms with E-state index in [4.69, 9.17) is 46.6 Å². The molecule has 0 aliphatic heterocycles. The molecule has 0 saturated heterocycles. The van der Waals surface area contributed by atoms with Crippen LogP contribution in [-0.4, -0.2) is 26.8 Å². The number of carbonyl (C=O) groups is 1. The SMILES string of the molecule is CCOC(=O)c1oc2cc(OCc3ccc(Cl)c(Cl)c3)ccc2c(=O)c1-c1ccc(OC)c(OC)c1. The monoisotopic (exact) mass is 528 g/mol. The van der Waals surface area contributed by atoms with Gasteiger partial charge in [0.2, 0.25) is 11.2 Å². The summed E-state index contributed by atoms with van der Waals surface area (Å²) in [5.41, 5.74) is 1.07. The van der Waals surface area contributed by atoms with Crippen molar-refractivity contribution in [3.63, 3.8) is 0 Å². The molecule has 0 saturated carbocycles. The molecule has 7 nitrogen and oxygen atoms in total. The Kier molecular flexibility index (Phi) is 7.72. The lowest BCUT2D eigenvalue weighted by atomic mass is 10.0. The van der Waals surface area contributed by atoms with Crippen LogP contribution in [0.1, 0.15) is 23.0 Å². The molecular weight excluding hydrogens is 507 g/mol.